The average molecular weight is 217 g/mol. The maximum atomic E-state index is 2.08. The van der Waals surface area contributed by atoms with Crippen LogP contribution < -0.4 is 0 Å². The van der Waals surface area contributed by atoms with Gasteiger partial charge in [0.15, 0.2) is 0 Å². The van der Waals surface area contributed by atoms with Crippen LogP contribution in [0.3, 0.4) is 0 Å². The number of rotatable bonds is 0. The van der Waals surface area contributed by atoms with Gasteiger partial charge in [0, 0.05) is 16.8 Å². The van der Waals surface area contributed by atoms with E-state index in [1.54, 1.807) is 0 Å². The monoisotopic (exact) mass is 217 g/mol. The summed E-state index contributed by atoms with van der Waals surface area (Å²) in [4.78, 5) is 0. The molecule has 0 spiro atoms. The second-order valence-electron chi connectivity index (χ2n) is 2.92. The van der Waals surface area contributed by atoms with Crippen molar-refractivity contribution in [1.29, 1.82) is 0 Å². The average Bonchev–Trinajstić information content (AvgIpc) is 2.63. The first-order chi connectivity index (χ1) is 5.79. The molecule has 1 heteroatoms. The standard InChI is InChI=1S/2C6H7.Co/c2*1-6-4-2-3-5-6;/h2*2-5H,1H3;/q2*-1;. The molecule has 2 aromatic rings. The summed E-state index contributed by atoms with van der Waals surface area (Å²) in [6, 6.07) is 16.5. The van der Waals surface area contributed by atoms with Crippen molar-refractivity contribution in [2.24, 2.45) is 0 Å². The molecular weight excluding hydrogens is 203 g/mol. The fourth-order valence-electron chi connectivity index (χ4n) is 0.940. The molecule has 0 aliphatic carbocycles. The smallest absolute Gasteiger partial charge is 0 e. The normalized spacial score (nSPS) is 8.15. The zero-order valence-electron chi connectivity index (χ0n) is 7.95. The molecule has 0 fully saturated rings. The fourth-order valence-corrected chi connectivity index (χ4v) is 0.940. The summed E-state index contributed by atoms with van der Waals surface area (Å²) in [7, 11) is 0. The fraction of sp³-hybridized carbons (Fsp3) is 0.167. The van der Waals surface area contributed by atoms with Crippen molar-refractivity contribution in [3.05, 3.63) is 59.7 Å². The van der Waals surface area contributed by atoms with E-state index in [2.05, 4.69) is 38.1 Å². The van der Waals surface area contributed by atoms with Crippen molar-refractivity contribution in [3.63, 3.8) is 0 Å². The van der Waals surface area contributed by atoms with E-state index in [1.165, 1.54) is 11.1 Å². The predicted molar refractivity (Wildman–Crippen MR) is 53.5 cm³/mol. The maximum absolute atomic E-state index is 2.08. The van der Waals surface area contributed by atoms with E-state index in [4.69, 9.17) is 0 Å². The molecule has 0 aliphatic rings. The minimum Gasteiger partial charge on any atom is -0.213 e. The minimum absolute atomic E-state index is 0. The van der Waals surface area contributed by atoms with Gasteiger partial charge in [-0.05, 0) is 0 Å². The van der Waals surface area contributed by atoms with Crippen LogP contribution in [0.1, 0.15) is 11.1 Å². The molecule has 0 bridgehead atoms. The van der Waals surface area contributed by atoms with E-state index in [0.717, 1.165) is 0 Å². The molecule has 0 nitrogen and oxygen atoms in total. The molecule has 0 aliphatic heterocycles. The molecule has 0 heterocycles. The number of hydrogen-bond donors (Lipinski definition) is 0. The Morgan fingerprint density at radius 1 is 0.615 bits per heavy atom. The Morgan fingerprint density at radius 3 is 0.923 bits per heavy atom. The van der Waals surface area contributed by atoms with Crippen molar-refractivity contribution in [2.45, 2.75) is 13.8 Å². The SMILES string of the molecule is C[c-]1cccc1.C[c-]1cccc1.[Co]. The van der Waals surface area contributed by atoms with Gasteiger partial charge in [-0.3, -0.25) is 0 Å². The summed E-state index contributed by atoms with van der Waals surface area (Å²) in [6.45, 7) is 4.17. The third-order valence-corrected chi connectivity index (χ3v) is 1.66. The third-order valence-electron chi connectivity index (χ3n) is 1.66. The molecule has 0 saturated carbocycles. The summed E-state index contributed by atoms with van der Waals surface area (Å²) in [6.07, 6.45) is 0. The van der Waals surface area contributed by atoms with Crippen LogP contribution in [-0.2, 0) is 16.8 Å². The second-order valence-corrected chi connectivity index (χ2v) is 2.92. The van der Waals surface area contributed by atoms with E-state index in [0.29, 0.717) is 0 Å². The van der Waals surface area contributed by atoms with Crippen LogP contribution in [0.4, 0.5) is 0 Å². The molecule has 0 saturated heterocycles. The van der Waals surface area contributed by atoms with E-state index < -0.39 is 0 Å². The van der Waals surface area contributed by atoms with E-state index in [9.17, 15) is 0 Å². The van der Waals surface area contributed by atoms with Crippen LogP contribution in [0.2, 0.25) is 0 Å². The molecule has 2 aromatic carbocycles. The topological polar surface area (TPSA) is 0 Å². The molecule has 0 atom stereocenters. The van der Waals surface area contributed by atoms with Gasteiger partial charge in [0.2, 0.25) is 0 Å². The molecule has 13 heavy (non-hydrogen) atoms. The molecule has 0 amide bonds. The van der Waals surface area contributed by atoms with Gasteiger partial charge in [-0.1, -0.05) is 13.8 Å². The van der Waals surface area contributed by atoms with Gasteiger partial charge in [-0.2, -0.15) is 35.4 Å². The van der Waals surface area contributed by atoms with E-state index in [-0.39, 0.29) is 16.8 Å². The van der Waals surface area contributed by atoms with Gasteiger partial charge in [-0.25, -0.2) is 24.3 Å². The van der Waals surface area contributed by atoms with E-state index >= 15 is 0 Å². The van der Waals surface area contributed by atoms with E-state index in [1.807, 2.05) is 24.3 Å². The van der Waals surface area contributed by atoms with Gasteiger partial charge < -0.3 is 0 Å². The zero-order chi connectivity index (χ0) is 8.81. The van der Waals surface area contributed by atoms with Gasteiger partial charge >= 0.3 is 0 Å². The van der Waals surface area contributed by atoms with Gasteiger partial charge in [0.1, 0.15) is 0 Å². The number of hydrogen-bond acceptors (Lipinski definition) is 0. The summed E-state index contributed by atoms with van der Waals surface area (Å²) >= 11 is 0. The molecule has 2 rings (SSSR count). The summed E-state index contributed by atoms with van der Waals surface area (Å²) < 4.78 is 0. The third kappa shape index (κ3) is 5.45. The quantitative estimate of drug-likeness (QED) is 0.593. The Labute approximate surface area is 90.5 Å². The van der Waals surface area contributed by atoms with Crippen LogP contribution in [0.5, 0.6) is 0 Å². The summed E-state index contributed by atoms with van der Waals surface area (Å²) in [5.74, 6) is 0. The summed E-state index contributed by atoms with van der Waals surface area (Å²) in [5.41, 5.74) is 2.69. The number of aryl methyl sites for hydroxylation is 2. The Morgan fingerprint density at radius 2 is 0.846 bits per heavy atom. The minimum atomic E-state index is 0. The van der Waals surface area contributed by atoms with Crippen molar-refractivity contribution >= 4 is 0 Å². The zero-order valence-corrected chi connectivity index (χ0v) is 8.99. The van der Waals surface area contributed by atoms with Crippen LogP contribution in [-0.4, -0.2) is 0 Å². The second kappa shape index (κ2) is 6.69. The van der Waals surface area contributed by atoms with Gasteiger partial charge in [0.05, 0.1) is 0 Å². The molecular formula is C12H14Co-2. The molecule has 0 unspecified atom stereocenters. The largest absolute Gasteiger partial charge is 0.213 e. The molecule has 0 aromatic heterocycles. The molecule has 0 N–H and O–H groups in total. The van der Waals surface area contributed by atoms with Crippen molar-refractivity contribution in [1.82, 2.24) is 0 Å². The Kier molecular flexibility index (Phi) is 6.28. The van der Waals surface area contributed by atoms with Gasteiger partial charge in [-0.15, -0.1) is 0 Å². The van der Waals surface area contributed by atoms with Crippen LogP contribution in [0, 0.1) is 13.8 Å². The molecule has 1 radical (unpaired) electrons. The molecule has 73 valence electrons. The van der Waals surface area contributed by atoms with Crippen molar-refractivity contribution in [2.75, 3.05) is 0 Å². The van der Waals surface area contributed by atoms with Crippen molar-refractivity contribution in [3.8, 4) is 0 Å². The summed E-state index contributed by atoms with van der Waals surface area (Å²) in [5, 5.41) is 0. The Hall–Kier alpha value is -0.794. The Balaban J connectivity index is 0.000000206. The predicted octanol–water partition coefficient (Wildman–Crippen LogP) is 3.43. The van der Waals surface area contributed by atoms with Crippen LogP contribution in [0.15, 0.2) is 48.5 Å². The first kappa shape index (κ1) is 12.2. The Bertz CT molecular complexity index is 245. The van der Waals surface area contributed by atoms with Crippen LogP contribution in [0.25, 0.3) is 0 Å². The maximum Gasteiger partial charge on any atom is 0 e. The van der Waals surface area contributed by atoms with Crippen LogP contribution >= 0.6 is 0 Å². The van der Waals surface area contributed by atoms with Crippen molar-refractivity contribution < 1.29 is 16.8 Å². The first-order valence-electron chi connectivity index (χ1n) is 4.15. The van der Waals surface area contributed by atoms with Gasteiger partial charge in [0.25, 0.3) is 0 Å². The first-order valence-corrected chi connectivity index (χ1v) is 4.15.